The van der Waals surface area contributed by atoms with E-state index in [1.807, 2.05) is 12.1 Å². The van der Waals surface area contributed by atoms with E-state index in [1.54, 1.807) is 55.2 Å². The van der Waals surface area contributed by atoms with Crippen molar-refractivity contribution in [1.29, 1.82) is 0 Å². The molecule has 0 radical (unpaired) electrons. The van der Waals surface area contributed by atoms with E-state index in [0.717, 1.165) is 0 Å². The predicted octanol–water partition coefficient (Wildman–Crippen LogP) is 3.35. The molecule has 3 aromatic rings. The summed E-state index contributed by atoms with van der Waals surface area (Å²) in [6.45, 7) is 6.01. The molecule has 0 saturated carbocycles. The van der Waals surface area contributed by atoms with E-state index in [9.17, 15) is 9.59 Å². The second kappa shape index (κ2) is 7.79. The molecule has 0 fully saturated rings. The monoisotopic (exact) mass is 387 g/mol. The number of ether oxygens (including phenoxy) is 2. The number of aromatic nitrogens is 2. The van der Waals surface area contributed by atoms with Crippen molar-refractivity contribution in [3.05, 3.63) is 52.9 Å². The van der Waals surface area contributed by atoms with Gasteiger partial charge in [-0.25, -0.2) is 13.7 Å². The van der Waals surface area contributed by atoms with Gasteiger partial charge in [-0.05, 0) is 56.6 Å². The van der Waals surface area contributed by atoms with Gasteiger partial charge in [0.15, 0.2) is 0 Å². The highest BCUT2D eigenvalue weighted by molar-refractivity contribution is 7.13. The Kier molecular flexibility index (Phi) is 5.46. The van der Waals surface area contributed by atoms with Crippen LogP contribution in [0, 0.1) is 0 Å². The van der Waals surface area contributed by atoms with Crippen LogP contribution in [-0.2, 0) is 4.74 Å². The van der Waals surface area contributed by atoms with Crippen LogP contribution >= 0.6 is 11.5 Å². The number of pyridine rings is 1. The topological polar surface area (TPSA) is 82.4 Å². The third kappa shape index (κ3) is 4.85. The molecule has 0 saturated heterocycles. The first kappa shape index (κ1) is 18.9. The summed E-state index contributed by atoms with van der Waals surface area (Å²) in [7, 11) is 0. The van der Waals surface area contributed by atoms with Crippen molar-refractivity contribution in [2.45, 2.75) is 26.4 Å². The summed E-state index contributed by atoms with van der Waals surface area (Å²) in [6.07, 6.45) is 1.18. The smallest absolute Gasteiger partial charge is 0.407 e. The molecule has 0 aliphatic carbocycles. The highest BCUT2D eigenvalue weighted by Gasteiger charge is 2.15. The van der Waals surface area contributed by atoms with Crippen molar-refractivity contribution in [3.8, 4) is 11.4 Å². The van der Waals surface area contributed by atoms with Crippen molar-refractivity contribution in [2.24, 2.45) is 0 Å². The largest absolute Gasteiger partial charge is 0.492 e. The third-order valence-corrected chi connectivity index (χ3v) is 4.51. The van der Waals surface area contributed by atoms with Crippen molar-refractivity contribution >= 4 is 27.8 Å². The fraction of sp³-hybridized carbons (Fsp3) is 0.316. The zero-order chi connectivity index (χ0) is 19.4. The normalized spacial score (nSPS) is 11.4. The Bertz CT molecular complexity index is 1000. The van der Waals surface area contributed by atoms with E-state index < -0.39 is 11.7 Å². The number of hydrogen-bond donors (Lipinski definition) is 1. The maximum atomic E-state index is 12.5. The molecule has 0 atom stereocenters. The summed E-state index contributed by atoms with van der Waals surface area (Å²) in [5, 5.41) is 3.23. The molecule has 0 unspecified atom stereocenters. The van der Waals surface area contributed by atoms with Gasteiger partial charge >= 0.3 is 6.09 Å². The van der Waals surface area contributed by atoms with Gasteiger partial charge in [-0.3, -0.25) is 4.79 Å². The van der Waals surface area contributed by atoms with Crippen LogP contribution in [0.4, 0.5) is 4.79 Å². The molecule has 1 N–H and O–H groups in total. The lowest BCUT2D eigenvalue weighted by Crippen LogP contribution is -2.34. The lowest BCUT2D eigenvalue weighted by atomic mass is 10.2. The van der Waals surface area contributed by atoms with Crippen molar-refractivity contribution in [3.63, 3.8) is 0 Å². The standard InChI is InChI=1S/C19H21N3O4S/c1-19(2,3)26-18(24)21-10-11-25-14-7-4-6-13(12-14)22-17(23)15-8-5-9-20-16(15)27-22/h4-9,12H,10-11H2,1-3H3,(H,21,24). The van der Waals surface area contributed by atoms with E-state index in [4.69, 9.17) is 9.47 Å². The molecule has 0 aliphatic rings. The molecule has 3 rings (SSSR count). The maximum Gasteiger partial charge on any atom is 0.407 e. The molecule has 2 aromatic heterocycles. The van der Waals surface area contributed by atoms with Crippen LogP contribution in [0.2, 0.25) is 0 Å². The van der Waals surface area contributed by atoms with Gasteiger partial charge in [-0.15, -0.1) is 0 Å². The number of benzene rings is 1. The van der Waals surface area contributed by atoms with Crippen LogP contribution in [0.1, 0.15) is 20.8 Å². The summed E-state index contributed by atoms with van der Waals surface area (Å²) >= 11 is 1.29. The van der Waals surface area contributed by atoms with E-state index in [-0.39, 0.29) is 12.2 Å². The van der Waals surface area contributed by atoms with E-state index in [0.29, 0.717) is 28.2 Å². The zero-order valence-electron chi connectivity index (χ0n) is 15.4. The zero-order valence-corrected chi connectivity index (χ0v) is 16.2. The van der Waals surface area contributed by atoms with Gasteiger partial charge < -0.3 is 14.8 Å². The Morgan fingerprint density at radius 1 is 1.26 bits per heavy atom. The number of carbonyl (C=O) groups excluding carboxylic acids is 1. The maximum absolute atomic E-state index is 12.5. The first-order chi connectivity index (χ1) is 12.8. The Hall–Kier alpha value is -2.87. The number of hydrogen-bond acceptors (Lipinski definition) is 6. The van der Waals surface area contributed by atoms with Crippen LogP contribution in [0.5, 0.6) is 5.75 Å². The van der Waals surface area contributed by atoms with Gasteiger partial charge in [0.1, 0.15) is 22.8 Å². The second-order valence-corrected chi connectivity index (χ2v) is 7.76. The Morgan fingerprint density at radius 3 is 2.81 bits per heavy atom. The lowest BCUT2D eigenvalue weighted by Gasteiger charge is -2.19. The minimum atomic E-state index is -0.536. The molecule has 0 aliphatic heterocycles. The van der Waals surface area contributed by atoms with Crippen molar-refractivity contribution in [2.75, 3.05) is 13.2 Å². The minimum Gasteiger partial charge on any atom is -0.492 e. The van der Waals surface area contributed by atoms with Crippen LogP contribution in [0.3, 0.4) is 0 Å². The number of nitrogens with zero attached hydrogens (tertiary/aromatic N) is 2. The van der Waals surface area contributed by atoms with Crippen molar-refractivity contribution < 1.29 is 14.3 Å². The van der Waals surface area contributed by atoms with E-state index in [2.05, 4.69) is 10.3 Å². The highest BCUT2D eigenvalue weighted by Crippen LogP contribution is 2.21. The molecular weight excluding hydrogens is 366 g/mol. The van der Waals surface area contributed by atoms with Crippen LogP contribution in [-0.4, -0.2) is 33.8 Å². The van der Waals surface area contributed by atoms with Crippen molar-refractivity contribution in [1.82, 2.24) is 14.3 Å². The Morgan fingerprint density at radius 2 is 2.07 bits per heavy atom. The number of amides is 1. The summed E-state index contributed by atoms with van der Waals surface area (Å²) in [5.41, 5.74) is 0.0680. The molecule has 0 spiro atoms. The van der Waals surface area contributed by atoms with Gasteiger partial charge in [-0.1, -0.05) is 6.07 Å². The van der Waals surface area contributed by atoms with Crippen LogP contribution in [0.15, 0.2) is 47.4 Å². The molecule has 142 valence electrons. The van der Waals surface area contributed by atoms with E-state index >= 15 is 0 Å². The summed E-state index contributed by atoms with van der Waals surface area (Å²) in [6, 6.07) is 10.7. The molecule has 27 heavy (non-hydrogen) atoms. The first-order valence-corrected chi connectivity index (χ1v) is 9.28. The molecule has 0 bridgehead atoms. The van der Waals surface area contributed by atoms with Crippen LogP contribution in [0.25, 0.3) is 15.9 Å². The van der Waals surface area contributed by atoms with E-state index in [1.165, 1.54) is 11.5 Å². The average Bonchev–Trinajstić information content (AvgIpc) is 2.95. The van der Waals surface area contributed by atoms with Gasteiger partial charge in [-0.2, -0.15) is 0 Å². The quantitative estimate of drug-likeness (QED) is 0.679. The fourth-order valence-electron chi connectivity index (χ4n) is 2.37. The summed E-state index contributed by atoms with van der Waals surface area (Å²) < 4.78 is 12.4. The SMILES string of the molecule is CC(C)(C)OC(=O)NCCOc1cccc(-n2sc3ncccc3c2=O)c1. The lowest BCUT2D eigenvalue weighted by molar-refractivity contribution is 0.0520. The molecule has 1 amide bonds. The molecule has 7 nitrogen and oxygen atoms in total. The highest BCUT2D eigenvalue weighted by atomic mass is 32.1. The number of alkyl carbamates (subject to hydrolysis) is 1. The minimum absolute atomic E-state index is 0.105. The molecule has 1 aromatic carbocycles. The molecule has 8 heteroatoms. The average molecular weight is 387 g/mol. The predicted molar refractivity (Wildman–Crippen MR) is 105 cm³/mol. The van der Waals surface area contributed by atoms with Gasteiger partial charge in [0, 0.05) is 12.3 Å². The Labute approximate surface area is 160 Å². The summed E-state index contributed by atoms with van der Waals surface area (Å²) in [4.78, 5) is 29.0. The molecular formula is C19H21N3O4S. The molecule has 2 heterocycles. The number of fused-ring (bicyclic) bond motifs is 1. The van der Waals surface area contributed by atoms with Gasteiger partial charge in [0.25, 0.3) is 5.56 Å². The third-order valence-electron chi connectivity index (χ3n) is 3.45. The van der Waals surface area contributed by atoms with Gasteiger partial charge in [0.2, 0.25) is 0 Å². The fourth-order valence-corrected chi connectivity index (χ4v) is 3.30. The Balaban J connectivity index is 1.63. The second-order valence-electron chi connectivity index (χ2n) is 6.82. The van der Waals surface area contributed by atoms with Gasteiger partial charge in [0.05, 0.1) is 17.6 Å². The van der Waals surface area contributed by atoms with Crippen LogP contribution < -0.4 is 15.6 Å². The number of nitrogens with one attached hydrogen (secondary N) is 1. The summed E-state index contributed by atoms with van der Waals surface area (Å²) in [5.74, 6) is 0.607. The first-order valence-electron chi connectivity index (χ1n) is 8.51. The number of carbonyl (C=O) groups is 1. The number of rotatable bonds is 5.